The van der Waals surface area contributed by atoms with Gasteiger partial charge in [0, 0.05) is 12.1 Å². The maximum absolute atomic E-state index is 12.2. The van der Waals surface area contributed by atoms with Crippen molar-refractivity contribution in [3.05, 3.63) is 29.8 Å². The zero-order valence-corrected chi connectivity index (χ0v) is 13.2. The van der Waals surface area contributed by atoms with Crippen molar-refractivity contribution in [2.75, 3.05) is 5.32 Å². The second kappa shape index (κ2) is 7.97. The third-order valence-electron chi connectivity index (χ3n) is 4.60. The molecular formula is C18H25NO3. The summed E-state index contributed by atoms with van der Waals surface area (Å²) < 4.78 is 0. The molecule has 1 aliphatic carbocycles. The van der Waals surface area contributed by atoms with E-state index in [1.165, 1.54) is 32.1 Å². The molecule has 22 heavy (non-hydrogen) atoms. The van der Waals surface area contributed by atoms with Crippen molar-refractivity contribution in [1.82, 2.24) is 0 Å². The highest BCUT2D eigenvalue weighted by atomic mass is 16.4. The van der Waals surface area contributed by atoms with Gasteiger partial charge in [0.2, 0.25) is 5.91 Å². The third-order valence-corrected chi connectivity index (χ3v) is 4.60. The maximum atomic E-state index is 12.2. The van der Waals surface area contributed by atoms with E-state index in [1.807, 2.05) is 6.07 Å². The number of nitrogens with one attached hydrogen (secondary N) is 1. The zero-order valence-electron chi connectivity index (χ0n) is 13.2. The summed E-state index contributed by atoms with van der Waals surface area (Å²) in [7, 11) is 0. The van der Waals surface area contributed by atoms with E-state index in [-0.39, 0.29) is 12.3 Å². The summed E-state index contributed by atoms with van der Waals surface area (Å²) in [5.74, 6) is 0.119. The molecule has 1 aromatic rings. The molecule has 0 radical (unpaired) electrons. The van der Waals surface area contributed by atoms with Crippen LogP contribution in [0.5, 0.6) is 0 Å². The summed E-state index contributed by atoms with van der Waals surface area (Å²) in [5, 5.41) is 11.8. The number of carboxylic acid groups (broad SMARTS) is 1. The molecule has 0 aromatic heterocycles. The quantitative estimate of drug-likeness (QED) is 0.838. The first-order chi connectivity index (χ1) is 10.6. The van der Waals surface area contributed by atoms with Gasteiger partial charge >= 0.3 is 5.97 Å². The third kappa shape index (κ3) is 4.86. The first kappa shape index (κ1) is 16.5. The topological polar surface area (TPSA) is 66.4 Å². The van der Waals surface area contributed by atoms with Crippen molar-refractivity contribution in [2.24, 2.45) is 11.8 Å². The largest absolute Gasteiger partial charge is 0.481 e. The Balaban J connectivity index is 1.92. The number of hydrogen-bond acceptors (Lipinski definition) is 2. The van der Waals surface area contributed by atoms with Crippen LogP contribution in [-0.4, -0.2) is 17.0 Å². The molecule has 1 amide bonds. The van der Waals surface area contributed by atoms with E-state index in [0.717, 1.165) is 0 Å². The SMILES string of the molecule is CC(CC(=O)Nc1ccccc1CC(=O)O)C1CCCCC1. The molecular weight excluding hydrogens is 278 g/mol. The van der Waals surface area contributed by atoms with Crippen LogP contribution in [0.2, 0.25) is 0 Å². The van der Waals surface area contributed by atoms with Crippen LogP contribution in [0.3, 0.4) is 0 Å². The predicted molar refractivity (Wildman–Crippen MR) is 86.8 cm³/mol. The van der Waals surface area contributed by atoms with Crippen LogP contribution >= 0.6 is 0 Å². The number of carboxylic acids is 1. The van der Waals surface area contributed by atoms with Crippen LogP contribution < -0.4 is 5.32 Å². The number of hydrogen-bond donors (Lipinski definition) is 2. The minimum Gasteiger partial charge on any atom is -0.481 e. The second-order valence-corrected chi connectivity index (χ2v) is 6.36. The molecule has 4 nitrogen and oxygen atoms in total. The average Bonchev–Trinajstić information content (AvgIpc) is 2.49. The number of benzene rings is 1. The van der Waals surface area contributed by atoms with Crippen LogP contribution in [-0.2, 0) is 16.0 Å². The molecule has 0 aliphatic heterocycles. The Hall–Kier alpha value is -1.84. The van der Waals surface area contributed by atoms with Gasteiger partial charge in [-0.15, -0.1) is 0 Å². The standard InChI is InChI=1S/C18H25NO3/c1-13(14-7-3-2-4-8-14)11-17(20)19-16-10-6-5-9-15(16)12-18(21)22/h5-6,9-10,13-14H,2-4,7-8,11-12H2,1H3,(H,19,20)(H,21,22). The lowest BCUT2D eigenvalue weighted by atomic mass is 9.79. The fraction of sp³-hybridized carbons (Fsp3) is 0.556. The maximum Gasteiger partial charge on any atom is 0.307 e. The Morgan fingerprint density at radius 2 is 1.91 bits per heavy atom. The Morgan fingerprint density at radius 3 is 2.59 bits per heavy atom. The number of carbonyl (C=O) groups excluding carboxylic acids is 1. The van der Waals surface area contributed by atoms with Gasteiger partial charge in [0.15, 0.2) is 0 Å². The summed E-state index contributed by atoms with van der Waals surface area (Å²) >= 11 is 0. The molecule has 1 aromatic carbocycles. The zero-order chi connectivity index (χ0) is 15.9. The molecule has 2 N–H and O–H groups in total. The fourth-order valence-corrected chi connectivity index (χ4v) is 3.32. The van der Waals surface area contributed by atoms with E-state index in [0.29, 0.717) is 29.5 Å². The van der Waals surface area contributed by atoms with Gasteiger partial charge in [0.05, 0.1) is 6.42 Å². The minimum absolute atomic E-state index is 0.0177. The number of anilines is 1. The monoisotopic (exact) mass is 303 g/mol. The number of para-hydroxylation sites is 1. The van der Waals surface area contributed by atoms with E-state index < -0.39 is 5.97 Å². The van der Waals surface area contributed by atoms with Crippen molar-refractivity contribution in [3.63, 3.8) is 0 Å². The van der Waals surface area contributed by atoms with E-state index in [9.17, 15) is 9.59 Å². The number of carbonyl (C=O) groups is 2. The van der Waals surface area contributed by atoms with Gasteiger partial charge in [-0.2, -0.15) is 0 Å². The Kier molecular flexibility index (Phi) is 5.99. The first-order valence-corrected chi connectivity index (χ1v) is 8.16. The van der Waals surface area contributed by atoms with E-state index in [2.05, 4.69) is 12.2 Å². The molecule has 2 rings (SSSR count). The molecule has 0 bridgehead atoms. The molecule has 1 unspecified atom stereocenters. The van der Waals surface area contributed by atoms with Gasteiger partial charge in [0.25, 0.3) is 0 Å². The van der Waals surface area contributed by atoms with Crippen molar-refractivity contribution < 1.29 is 14.7 Å². The summed E-state index contributed by atoms with van der Waals surface area (Å²) in [6, 6.07) is 7.11. The van der Waals surface area contributed by atoms with Crippen molar-refractivity contribution in [2.45, 2.75) is 51.9 Å². The van der Waals surface area contributed by atoms with Crippen LogP contribution in [0.1, 0.15) is 51.0 Å². The lowest BCUT2D eigenvalue weighted by Crippen LogP contribution is -2.22. The lowest BCUT2D eigenvalue weighted by Gasteiger charge is -2.27. The van der Waals surface area contributed by atoms with E-state index >= 15 is 0 Å². The van der Waals surface area contributed by atoms with Crippen molar-refractivity contribution in [3.8, 4) is 0 Å². The minimum atomic E-state index is -0.891. The van der Waals surface area contributed by atoms with Crippen molar-refractivity contribution >= 4 is 17.6 Å². The fourth-order valence-electron chi connectivity index (χ4n) is 3.32. The number of aliphatic carboxylic acids is 1. The molecule has 0 spiro atoms. The number of amides is 1. The highest BCUT2D eigenvalue weighted by Gasteiger charge is 2.22. The summed E-state index contributed by atoms with van der Waals surface area (Å²) in [6.45, 7) is 2.15. The van der Waals surface area contributed by atoms with E-state index in [1.54, 1.807) is 18.2 Å². The van der Waals surface area contributed by atoms with Crippen LogP contribution in [0, 0.1) is 11.8 Å². The Bertz CT molecular complexity index is 521. The molecule has 1 saturated carbocycles. The first-order valence-electron chi connectivity index (χ1n) is 8.16. The Labute approximate surface area is 131 Å². The van der Waals surface area contributed by atoms with Gasteiger partial charge in [-0.1, -0.05) is 57.2 Å². The molecule has 1 aliphatic rings. The smallest absolute Gasteiger partial charge is 0.307 e. The van der Waals surface area contributed by atoms with Crippen molar-refractivity contribution in [1.29, 1.82) is 0 Å². The van der Waals surface area contributed by atoms with Crippen LogP contribution in [0.4, 0.5) is 5.69 Å². The molecule has 0 heterocycles. The lowest BCUT2D eigenvalue weighted by molar-refractivity contribution is -0.136. The molecule has 0 saturated heterocycles. The molecule has 1 fully saturated rings. The summed E-state index contributed by atoms with van der Waals surface area (Å²) in [5.41, 5.74) is 1.26. The highest BCUT2D eigenvalue weighted by Crippen LogP contribution is 2.31. The van der Waals surface area contributed by atoms with Gasteiger partial charge in [0.1, 0.15) is 0 Å². The second-order valence-electron chi connectivity index (χ2n) is 6.36. The normalized spacial score (nSPS) is 17.0. The number of rotatable bonds is 6. The molecule has 4 heteroatoms. The predicted octanol–water partition coefficient (Wildman–Crippen LogP) is 3.86. The van der Waals surface area contributed by atoms with Gasteiger partial charge in [-0.25, -0.2) is 0 Å². The summed E-state index contributed by atoms with van der Waals surface area (Å²) in [4.78, 5) is 23.1. The molecule has 120 valence electrons. The average molecular weight is 303 g/mol. The van der Waals surface area contributed by atoms with Gasteiger partial charge in [-0.3, -0.25) is 9.59 Å². The van der Waals surface area contributed by atoms with Crippen LogP contribution in [0.15, 0.2) is 24.3 Å². The van der Waals surface area contributed by atoms with Gasteiger partial charge in [-0.05, 0) is 23.5 Å². The molecule has 1 atom stereocenters. The Morgan fingerprint density at radius 1 is 1.23 bits per heavy atom. The van der Waals surface area contributed by atoms with E-state index in [4.69, 9.17) is 5.11 Å². The van der Waals surface area contributed by atoms with Gasteiger partial charge < -0.3 is 10.4 Å². The van der Waals surface area contributed by atoms with Crippen LogP contribution in [0.25, 0.3) is 0 Å². The summed E-state index contributed by atoms with van der Waals surface area (Å²) in [6.07, 6.45) is 6.75. The highest BCUT2D eigenvalue weighted by molar-refractivity contribution is 5.92.